The lowest BCUT2D eigenvalue weighted by Crippen LogP contribution is -2.34. The summed E-state index contributed by atoms with van der Waals surface area (Å²) in [5.41, 5.74) is 0.992. The number of methoxy groups -OCH3 is 2. The van der Waals surface area contributed by atoms with E-state index in [0.717, 1.165) is 0 Å². The van der Waals surface area contributed by atoms with Crippen molar-refractivity contribution in [2.45, 2.75) is 6.42 Å². The second kappa shape index (κ2) is 9.22. The van der Waals surface area contributed by atoms with Gasteiger partial charge in [-0.25, -0.2) is 0 Å². The Bertz CT molecular complexity index is 788. The fourth-order valence-electron chi connectivity index (χ4n) is 2.18. The molecule has 0 unspecified atom stereocenters. The summed E-state index contributed by atoms with van der Waals surface area (Å²) in [6.07, 6.45) is -0.0414. The molecule has 0 aliphatic carbocycles. The third kappa shape index (κ3) is 5.34. The van der Waals surface area contributed by atoms with Gasteiger partial charge in [-0.3, -0.25) is 19.7 Å². The molecular formula is C19H19NO6. The number of imide groups is 1. The monoisotopic (exact) mass is 357 g/mol. The highest BCUT2D eigenvalue weighted by molar-refractivity contribution is 6.05. The molecule has 136 valence electrons. The molecule has 0 saturated carbocycles. The van der Waals surface area contributed by atoms with Gasteiger partial charge in [0.15, 0.2) is 18.1 Å². The van der Waals surface area contributed by atoms with E-state index in [0.29, 0.717) is 22.6 Å². The van der Waals surface area contributed by atoms with Gasteiger partial charge in [-0.05, 0) is 29.8 Å². The maximum absolute atomic E-state index is 11.9. The highest BCUT2D eigenvalue weighted by atomic mass is 16.5. The summed E-state index contributed by atoms with van der Waals surface area (Å²) in [6.45, 7) is -0.537. The van der Waals surface area contributed by atoms with Gasteiger partial charge in [0.25, 0.3) is 11.8 Å². The van der Waals surface area contributed by atoms with E-state index in [-0.39, 0.29) is 6.42 Å². The second-order valence-electron chi connectivity index (χ2n) is 5.27. The first-order valence-corrected chi connectivity index (χ1v) is 7.79. The van der Waals surface area contributed by atoms with Crippen molar-refractivity contribution in [2.75, 3.05) is 20.8 Å². The van der Waals surface area contributed by atoms with Gasteiger partial charge in [-0.15, -0.1) is 0 Å². The van der Waals surface area contributed by atoms with Crippen LogP contribution in [-0.4, -0.2) is 38.6 Å². The van der Waals surface area contributed by atoms with Crippen molar-refractivity contribution in [2.24, 2.45) is 0 Å². The summed E-state index contributed by atoms with van der Waals surface area (Å²) >= 11 is 0. The van der Waals surface area contributed by atoms with Crippen LogP contribution in [0.2, 0.25) is 0 Å². The molecule has 2 aromatic rings. The second-order valence-corrected chi connectivity index (χ2v) is 5.27. The predicted molar refractivity (Wildman–Crippen MR) is 93.1 cm³/mol. The summed E-state index contributed by atoms with van der Waals surface area (Å²) in [5.74, 6) is -0.807. The van der Waals surface area contributed by atoms with E-state index in [4.69, 9.17) is 14.2 Å². The van der Waals surface area contributed by atoms with Crippen molar-refractivity contribution < 1.29 is 28.6 Å². The van der Waals surface area contributed by atoms with Crippen LogP contribution in [0, 0.1) is 0 Å². The number of amides is 2. The summed E-state index contributed by atoms with van der Waals surface area (Å²) in [4.78, 5) is 35.4. The Morgan fingerprint density at radius 2 is 1.62 bits per heavy atom. The molecular weight excluding hydrogens is 338 g/mol. The van der Waals surface area contributed by atoms with Gasteiger partial charge in [0, 0.05) is 5.56 Å². The molecule has 7 nitrogen and oxygen atoms in total. The molecule has 2 aromatic carbocycles. The van der Waals surface area contributed by atoms with Crippen molar-refractivity contribution in [3.63, 3.8) is 0 Å². The molecule has 0 fully saturated rings. The molecule has 26 heavy (non-hydrogen) atoms. The Kier molecular flexibility index (Phi) is 6.73. The number of carbonyl (C=O) groups excluding carboxylic acids is 3. The molecule has 1 N–H and O–H groups in total. The first-order chi connectivity index (χ1) is 12.5. The highest BCUT2D eigenvalue weighted by Gasteiger charge is 2.13. The number of benzene rings is 2. The van der Waals surface area contributed by atoms with E-state index in [2.05, 4.69) is 5.32 Å². The van der Waals surface area contributed by atoms with E-state index in [9.17, 15) is 14.4 Å². The van der Waals surface area contributed by atoms with Gasteiger partial charge in [-0.1, -0.05) is 24.3 Å². The number of hydrogen-bond acceptors (Lipinski definition) is 6. The zero-order valence-electron chi connectivity index (χ0n) is 14.5. The van der Waals surface area contributed by atoms with Crippen LogP contribution in [0.1, 0.15) is 15.9 Å². The van der Waals surface area contributed by atoms with E-state index in [1.54, 1.807) is 48.5 Å². The van der Waals surface area contributed by atoms with Gasteiger partial charge >= 0.3 is 5.97 Å². The van der Waals surface area contributed by atoms with Gasteiger partial charge < -0.3 is 14.2 Å². The van der Waals surface area contributed by atoms with Crippen molar-refractivity contribution >= 4 is 17.8 Å². The van der Waals surface area contributed by atoms with Gasteiger partial charge in [-0.2, -0.15) is 0 Å². The van der Waals surface area contributed by atoms with Crippen LogP contribution in [0.3, 0.4) is 0 Å². The zero-order chi connectivity index (χ0) is 18.9. The minimum absolute atomic E-state index is 0.0414. The molecule has 0 radical (unpaired) electrons. The Morgan fingerprint density at radius 1 is 0.923 bits per heavy atom. The lowest BCUT2D eigenvalue weighted by Gasteiger charge is -2.09. The molecule has 0 bridgehead atoms. The third-order valence-corrected chi connectivity index (χ3v) is 3.45. The van der Waals surface area contributed by atoms with Crippen molar-refractivity contribution in [3.8, 4) is 11.5 Å². The van der Waals surface area contributed by atoms with Crippen LogP contribution in [0.4, 0.5) is 0 Å². The maximum atomic E-state index is 11.9. The fourth-order valence-corrected chi connectivity index (χ4v) is 2.18. The quantitative estimate of drug-likeness (QED) is 0.759. The Labute approximate surface area is 150 Å². The van der Waals surface area contributed by atoms with Crippen LogP contribution in [0.25, 0.3) is 0 Å². The van der Waals surface area contributed by atoms with Crippen LogP contribution in [0.15, 0.2) is 48.5 Å². The molecule has 0 spiro atoms. The van der Waals surface area contributed by atoms with Crippen LogP contribution >= 0.6 is 0 Å². The molecule has 2 amide bonds. The van der Waals surface area contributed by atoms with Crippen LogP contribution in [-0.2, 0) is 20.7 Å². The van der Waals surface area contributed by atoms with Crippen LogP contribution in [0.5, 0.6) is 11.5 Å². The molecule has 0 aliphatic rings. The van der Waals surface area contributed by atoms with Crippen molar-refractivity contribution in [1.82, 2.24) is 5.32 Å². The lowest BCUT2D eigenvalue weighted by molar-refractivity contribution is -0.147. The predicted octanol–water partition coefficient (Wildman–Crippen LogP) is 1.75. The first-order valence-electron chi connectivity index (χ1n) is 7.79. The van der Waals surface area contributed by atoms with Crippen molar-refractivity contribution in [1.29, 1.82) is 0 Å². The van der Waals surface area contributed by atoms with E-state index in [1.807, 2.05) is 0 Å². The topological polar surface area (TPSA) is 90.9 Å². The minimum Gasteiger partial charge on any atom is -0.493 e. The number of hydrogen-bond donors (Lipinski definition) is 1. The maximum Gasteiger partial charge on any atom is 0.310 e. The molecule has 0 atom stereocenters. The molecule has 0 saturated heterocycles. The summed E-state index contributed by atoms with van der Waals surface area (Å²) in [6, 6.07) is 13.3. The van der Waals surface area contributed by atoms with Crippen LogP contribution < -0.4 is 14.8 Å². The normalized spacial score (nSPS) is 9.92. The third-order valence-electron chi connectivity index (χ3n) is 3.45. The summed E-state index contributed by atoms with van der Waals surface area (Å²) < 4.78 is 15.2. The van der Waals surface area contributed by atoms with Gasteiger partial charge in [0.2, 0.25) is 0 Å². The SMILES string of the molecule is COc1ccc(CC(=O)OCC(=O)NC(=O)c2ccccc2)cc1OC. The van der Waals surface area contributed by atoms with E-state index in [1.165, 1.54) is 14.2 Å². The summed E-state index contributed by atoms with van der Waals surface area (Å²) in [7, 11) is 3.01. The van der Waals surface area contributed by atoms with Gasteiger partial charge in [0.05, 0.1) is 20.6 Å². The number of carbonyl (C=O) groups is 3. The van der Waals surface area contributed by atoms with E-state index < -0.39 is 24.4 Å². The fraction of sp³-hybridized carbons (Fsp3) is 0.211. The Hall–Kier alpha value is -3.35. The standard InChI is InChI=1S/C19H19NO6/c1-24-15-9-8-13(10-16(15)25-2)11-18(22)26-12-17(21)20-19(23)14-6-4-3-5-7-14/h3-10H,11-12H2,1-2H3,(H,20,21,23). The number of nitrogens with one attached hydrogen (secondary N) is 1. The Morgan fingerprint density at radius 3 is 2.27 bits per heavy atom. The lowest BCUT2D eigenvalue weighted by atomic mass is 10.1. The molecule has 7 heteroatoms. The Balaban J connectivity index is 1.83. The summed E-state index contributed by atoms with van der Waals surface area (Å²) in [5, 5.41) is 2.16. The molecule has 2 rings (SSSR count). The van der Waals surface area contributed by atoms with Crippen molar-refractivity contribution in [3.05, 3.63) is 59.7 Å². The highest BCUT2D eigenvalue weighted by Crippen LogP contribution is 2.27. The first kappa shape index (κ1) is 19.0. The largest absolute Gasteiger partial charge is 0.493 e. The minimum atomic E-state index is -0.695. The zero-order valence-corrected chi connectivity index (χ0v) is 14.5. The molecule has 0 aliphatic heterocycles. The average molecular weight is 357 g/mol. The number of ether oxygens (including phenoxy) is 3. The number of esters is 1. The molecule has 0 heterocycles. The smallest absolute Gasteiger partial charge is 0.310 e. The average Bonchev–Trinajstić information content (AvgIpc) is 2.67. The molecule has 0 aromatic heterocycles. The van der Waals surface area contributed by atoms with E-state index >= 15 is 0 Å². The number of rotatable bonds is 7. The van der Waals surface area contributed by atoms with Gasteiger partial charge in [0.1, 0.15) is 0 Å².